The van der Waals surface area contributed by atoms with Crippen LogP contribution in [-0.2, 0) is 22.1 Å². The third-order valence-electron chi connectivity index (χ3n) is 7.54. The van der Waals surface area contributed by atoms with E-state index in [1.807, 2.05) is 63.9 Å². The van der Waals surface area contributed by atoms with Crippen LogP contribution in [0.1, 0.15) is 62.0 Å². The molecule has 38 heavy (non-hydrogen) atoms. The Bertz CT molecular complexity index is 1150. The minimum absolute atomic E-state index is 0.0548. The van der Waals surface area contributed by atoms with Gasteiger partial charge in [-0.25, -0.2) is 4.79 Å². The smallest absolute Gasteiger partial charge is 0.416 e. The van der Waals surface area contributed by atoms with Gasteiger partial charge in [-0.3, -0.25) is 9.69 Å². The Hall–Kier alpha value is -3.07. The first-order chi connectivity index (χ1) is 17.7. The zero-order chi connectivity index (χ0) is 27.9. The average molecular weight is 532 g/mol. The maximum atomic E-state index is 14.1. The molecule has 206 valence electrons. The number of aryl methyl sites for hydroxylation is 1. The summed E-state index contributed by atoms with van der Waals surface area (Å²) >= 11 is 0. The van der Waals surface area contributed by atoms with Gasteiger partial charge in [-0.1, -0.05) is 42.0 Å². The average Bonchev–Trinajstić information content (AvgIpc) is 3.04. The molecule has 2 aromatic rings. The highest BCUT2D eigenvalue weighted by molar-refractivity contribution is 5.89. The fourth-order valence-corrected chi connectivity index (χ4v) is 5.40. The molecule has 0 saturated carbocycles. The quantitative estimate of drug-likeness (QED) is 0.501. The minimum Gasteiger partial charge on any atom is -0.444 e. The number of likely N-dealkylation sites (tertiary alicyclic amines) is 1. The van der Waals surface area contributed by atoms with Crippen molar-refractivity contribution in [3.8, 4) is 0 Å². The van der Waals surface area contributed by atoms with E-state index in [1.54, 1.807) is 9.80 Å². The van der Waals surface area contributed by atoms with Crippen LogP contribution < -0.4 is 0 Å². The molecule has 2 aromatic carbocycles. The fraction of sp³-hybridized carbons (Fsp3) is 0.517. The predicted molar refractivity (Wildman–Crippen MR) is 138 cm³/mol. The molecule has 4 rings (SSSR count). The van der Waals surface area contributed by atoms with Crippen LogP contribution in [0.15, 0.2) is 48.5 Å². The first kappa shape index (κ1) is 28.0. The maximum Gasteiger partial charge on any atom is 0.416 e. The van der Waals surface area contributed by atoms with Gasteiger partial charge in [0.25, 0.3) is 0 Å². The molecule has 1 spiro atoms. The van der Waals surface area contributed by atoms with Gasteiger partial charge in [0.2, 0.25) is 5.91 Å². The van der Waals surface area contributed by atoms with Crippen LogP contribution >= 0.6 is 0 Å². The molecule has 9 heteroatoms. The van der Waals surface area contributed by atoms with Gasteiger partial charge in [0.1, 0.15) is 17.3 Å². The lowest BCUT2D eigenvalue weighted by atomic mass is 9.86. The summed E-state index contributed by atoms with van der Waals surface area (Å²) in [7, 11) is 1.86. The highest BCUT2D eigenvalue weighted by atomic mass is 19.4. The third kappa shape index (κ3) is 5.67. The molecule has 0 bridgehead atoms. The van der Waals surface area contributed by atoms with Crippen molar-refractivity contribution in [1.82, 2.24) is 14.7 Å². The van der Waals surface area contributed by atoms with Crippen molar-refractivity contribution in [2.75, 3.05) is 26.7 Å². The van der Waals surface area contributed by atoms with Crippen molar-refractivity contribution in [3.63, 3.8) is 0 Å². The van der Waals surface area contributed by atoms with E-state index in [2.05, 4.69) is 0 Å². The van der Waals surface area contributed by atoms with Crippen molar-refractivity contribution in [2.24, 2.45) is 0 Å². The summed E-state index contributed by atoms with van der Waals surface area (Å²) in [5, 5.41) is 0. The monoisotopic (exact) mass is 531 g/mol. The standard InChI is InChI=1S/C29H36F3N3O3/c1-20-6-8-21(9-7-20)14-17-35-24(22-10-12-23(13-11-22)29(30,31)32)33(5)28(25(35)36)15-18-34(19-16-28)26(37)38-27(2,3)4/h6-13,24H,14-19H2,1-5H3/t24-/m0/s1. The molecule has 2 heterocycles. The molecule has 0 aromatic heterocycles. The summed E-state index contributed by atoms with van der Waals surface area (Å²) in [6.07, 6.45) is -3.90. The van der Waals surface area contributed by atoms with Gasteiger partial charge >= 0.3 is 12.3 Å². The largest absolute Gasteiger partial charge is 0.444 e. The molecule has 0 aliphatic carbocycles. The summed E-state index contributed by atoms with van der Waals surface area (Å²) < 4.78 is 45.2. The summed E-state index contributed by atoms with van der Waals surface area (Å²) in [5.74, 6) is -0.0548. The number of amides is 2. The normalized spacial score (nSPS) is 20.3. The molecule has 2 saturated heterocycles. The summed E-state index contributed by atoms with van der Waals surface area (Å²) in [5.41, 5.74) is 0.664. The number of alkyl halides is 3. The highest BCUT2D eigenvalue weighted by Crippen LogP contribution is 2.45. The number of carbonyl (C=O) groups is 2. The number of carbonyl (C=O) groups excluding carboxylic acids is 2. The molecule has 2 aliphatic heterocycles. The SMILES string of the molecule is Cc1ccc(CCN2C(=O)C3(CCN(C(=O)OC(C)(C)C)CC3)N(C)[C@@H]2c2ccc(C(F)(F)F)cc2)cc1. The van der Waals surface area contributed by atoms with E-state index in [-0.39, 0.29) is 5.91 Å². The lowest BCUT2D eigenvalue weighted by molar-refractivity contribution is -0.138. The molecule has 0 unspecified atom stereocenters. The van der Waals surface area contributed by atoms with Crippen LogP contribution in [-0.4, -0.2) is 64.5 Å². The zero-order valence-corrected chi connectivity index (χ0v) is 22.6. The number of rotatable bonds is 4. The molecular weight excluding hydrogens is 495 g/mol. The van der Waals surface area contributed by atoms with Crippen molar-refractivity contribution in [3.05, 3.63) is 70.8 Å². The van der Waals surface area contributed by atoms with Crippen molar-refractivity contribution < 1.29 is 27.5 Å². The Kier molecular flexibility index (Phi) is 7.54. The number of benzene rings is 2. The summed E-state index contributed by atoms with van der Waals surface area (Å²) in [4.78, 5) is 32.1. The number of hydrogen-bond donors (Lipinski definition) is 0. The molecule has 2 amide bonds. The molecule has 1 atom stereocenters. The molecular formula is C29H36F3N3O3. The predicted octanol–water partition coefficient (Wildman–Crippen LogP) is 5.80. The Morgan fingerprint density at radius 3 is 2.11 bits per heavy atom. The molecule has 6 nitrogen and oxygen atoms in total. The van der Waals surface area contributed by atoms with Crippen LogP contribution in [0.5, 0.6) is 0 Å². The number of nitrogens with zero attached hydrogens (tertiary/aromatic N) is 3. The molecule has 0 radical (unpaired) electrons. The van der Waals surface area contributed by atoms with Gasteiger partial charge < -0.3 is 14.5 Å². The second-order valence-corrected chi connectivity index (χ2v) is 11.3. The first-order valence-electron chi connectivity index (χ1n) is 13.0. The van der Waals surface area contributed by atoms with Gasteiger partial charge in [0, 0.05) is 19.6 Å². The lowest BCUT2D eigenvalue weighted by Gasteiger charge is -2.42. The molecule has 2 fully saturated rings. The number of likely N-dealkylation sites (N-methyl/N-ethyl adjacent to an activating group) is 1. The third-order valence-corrected chi connectivity index (χ3v) is 7.54. The maximum absolute atomic E-state index is 14.1. The van der Waals surface area contributed by atoms with E-state index in [4.69, 9.17) is 4.74 Å². The Balaban J connectivity index is 1.60. The topological polar surface area (TPSA) is 53.1 Å². The first-order valence-corrected chi connectivity index (χ1v) is 13.0. The number of ether oxygens (including phenoxy) is 1. The van der Waals surface area contributed by atoms with E-state index in [9.17, 15) is 22.8 Å². The van der Waals surface area contributed by atoms with Crippen molar-refractivity contribution in [1.29, 1.82) is 0 Å². The van der Waals surface area contributed by atoms with E-state index in [0.29, 0.717) is 44.5 Å². The molecule has 2 aliphatic rings. The Labute approximate surface area is 222 Å². The van der Waals surface area contributed by atoms with Gasteiger partial charge in [-0.15, -0.1) is 0 Å². The van der Waals surface area contributed by atoms with Crippen LogP contribution in [0, 0.1) is 6.92 Å². The minimum atomic E-state index is -4.43. The van der Waals surface area contributed by atoms with Crippen LogP contribution in [0.25, 0.3) is 0 Å². The second kappa shape index (κ2) is 10.2. The Morgan fingerprint density at radius 2 is 1.58 bits per heavy atom. The number of piperidine rings is 1. The highest BCUT2D eigenvalue weighted by Gasteiger charge is 2.57. The summed E-state index contributed by atoms with van der Waals surface area (Å²) in [6, 6.07) is 13.2. The van der Waals surface area contributed by atoms with Gasteiger partial charge in [0.15, 0.2) is 0 Å². The van der Waals surface area contributed by atoms with Crippen molar-refractivity contribution in [2.45, 2.75) is 70.4 Å². The van der Waals surface area contributed by atoms with Gasteiger partial charge in [-0.2, -0.15) is 13.2 Å². The van der Waals surface area contributed by atoms with E-state index >= 15 is 0 Å². The summed E-state index contributed by atoms with van der Waals surface area (Å²) in [6.45, 7) is 8.58. The second-order valence-electron chi connectivity index (χ2n) is 11.3. The zero-order valence-electron chi connectivity index (χ0n) is 22.6. The van der Waals surface area contributed by atoms with E-state index in [0.717, 1.165) is 23.3 Å². The number of hydrogen-bond acceptors (Lipinski definition) is 4. The fourth-order valence-electron chi connectivity index (χ4n) is 5.40. The molecule has 0 N–H and O–H groups in total. The van der Waals surface area contributed by atoms with Crippen LogP contribution in [0.3, 0.4) is 0 Å². The Morgan fingerprint density at radius 1 is 1.00 bits per heavy atom. The van der Waals surface area contributed by atoms with E-state index < -0.39 is 35.1 Å². The van der Waals surface area contributed by atoms with Crippen LogP contribution in [0.4, 0.5) is 18.0 Å². The lowest BCUT2D eigenvalue weighted by Crippen LogP contribution is -2.56. The van der Waals surface area contributed by atoms with Gasteiger partial charge in [-0.05, 0) is 77.3 Å². The number of halogens is 3. The van der Waals surface area contributed by atoms with Crippen LogP contribution in [0.2, 0.25) is 0 Å². The van der Waals surface area contributed by atoms with E-state index in [1.165, 1.54) is 12.1 Å². The van der Waals surface area contributed by atoms with Crippen molar-refractivity contribution >= 4 is 12.0 Å². The van der Waals surface area contributed by atoms with Gasteiger partial charge in [0.05, 0.1) is 5.56 Å².